The summed E-state index contributed by atoms with van der Waals surface area (Å²) in [4.78, 5) is 23.0. The molecule has 6 nitrogen and oxygen atoms in total. The average Bonchev–Trinajstić information content (AvgIpc) is 2.60. The molecule has 0 aromatic heterocycles. The summed E-state index contributed by atoms with van der Waals surface area (Å²) in [6.07, 6.45) is 3.07. The number of hydrogen-bond acceptors (Lipinski definition) is 4. The SMILES string of the molecule is COc1ccc(/C=C/C(=O)NC(=S)Nc2cccc(NC(C)=O)c2)cc1. The number of hydrogen-bond donors (Lipinski definition) is 3. The van der Waals surface area contributed by atoms with Crippen LogP contribution in [0.4, 0.5) is 11.4 Å². The molecular formula is C19H19N3O3S. The first-order chi connectivity index (χ1) is 12.5. The van der Waals surface area contributed by atoms with E-state index in [0.717, 1.165) is 11.3 Å². The molecule has 0 bridgehead atoms. The third kappa shape index (κ3) is 6.37. The minimum Gasteiger partial charge on any atom is -0.497 e. The lowest BCUT2D eigenvalue weighted by Gasteiger charge is -2.10. The summed E-state index contributed by atoms with van der Waals surface area (Å²) in [7, 11) is 1.60. The number of rotatable bonds is 5. The van der Waals surface area contributed by atoms with E-state index in [1.165, 1.54) is 13.0 Å². The van der Waals surface area contributed by atoms with Crippen LogP contribution in [0.5, 0.6) is 5.75 Å². The van der Waals surface area contributed by atoms with Gasteiger partial charge in [-0.2, -0.15) is 0 Å². The number of thiocarbonyl (C=S) groups is 1. The highest BCUT2D eigenvalue weighted by Crippen LogP contribution is 2.15. The molecule has 26 heavy (non-hydrogen) atoms. The lowest BCUT2D eigenvalue weighted by molar-refractivity contribution is -0.115. The van der Waals surface area contributed by atoms with Crippen molar-refractivity contribution >= 4 is 46.6 Å². The van der Waals surface area contributed by atoms with E-state index in [-0.39, 0.29) is 16.9 Å². The molecule has 0 spiro atoms. The Bertz CT molecular complexity index is 832. The van der Waals surface area contributed by atoms with Crippen LogP contribution in [0.15, 0.2) is 54.6 Å². The minimum absolute atomic E-state index is 0.161. The molecule has 2 amide bonds. The van der Waals surface area contributed by atoms with Gasteiger partial charge in [-0.1, -0.05) is 18.2 Å². The molecule has 0 saturated carbocycles. The maximum Gasteiger partial charge on any atom is 0.250 e. The first kappa shape index (κ1) is 19.1. The van der Waals surface area contributed by atoms with Crippen LogP contribution in [0.2, 0.25) is 0 Å². The van der Waals surface area contributed by atoms with E-state index in [1.54, 1.807) is 37.5 Å². The van der Waals surface area contributed by atoms with Crippen molar-refractivity contribution in [2.24, 2.45) is 0 Å². The predicted molar refractivity (Wildman–Crippen MR) is 107 cm³/mol. The van der Waals surface area contributed by atoms with Gasteiger partial charge in [0.2, 0.25) is 11.8 Å². The Labute approximate surface area is 157 Å². The number of ether oxygens (including phenoxy) is 1. The van der Waals surface area contributed by atoms with E-state index in [1.807, 2.05) is 24.3 Å². The van der Waals surface area contributed by atoms with Gasteiger partial charge in [-0.3, -0.25) is 14.9 Å². The van der Waals surface area contributed by atoms with Crippen molar-refractivity contribution < 1.29 is 14.3 Å². The van der Waals surface area contributed by atoms with Gasteiger partial charge in [0.05, 0.1) is 7.11 Å². The van der Waals surface area contributed by atoms with Crippen LogP contribution in [0.3, 0.4) is 0 Å². The molecule has 0 unspecified atom stereocenters. The van der Waals surface area contributed by atoms with E-state index in [2.05, 4.69) is 16.0 Å². The van der Waals surface area contributed by atoms with Crippen molar-refractivity contribution in [3.8, 4) is 5.75 Å². The summed E-state index contributed by atoms with van der Waals surface area (Å²) in [5.74, 6) is 0.233. The molecule has 0 aliphatic heterocycles. The standard InChI is InChI=1S/C19H19N3O3S/c1-13(23)20-15-4-3-5-16(12-15)21-19(26)22-18(24)11-8-14-6-9-17(25-2)10-7-14/h3-12H,1-2H3,(H,20,23)(H2,21,22,24,26)/b11-8+. The first-order valence-electron chi connectivity index (χ1n) is 7.78. The summed E-state index contributed by atoms with van der Waals surface area (Å²) < 4.78 is 5.08. The van der Waals surface area contributed by atoms with Crippen molar-refractivity contribution in [2.75, 3.05) is 17.7 Å². The third-order valence-corrected chi connectivity index (χ3v) is 3.42. The Morgan fingerprint density at radius 2 is 1.69 bits per heavy atom. The lowest BCUT2D eigenvalue weighted by Crippen LogP contribution is -2.32. The van der Waals surface area contributed by atoms with Crippen LogP contribution in [0.1, 0.15) is 12.5 Å². The molecule has 0 heterocycles. The van der Waals surface area contributed by atoms with Crippen molar-refractivity contribution in [1.82, 2.24) is 5.32 Å². The van der Waals surface area contributed by atoms with Gasteiger partial charge in [0, 0.05) is 24.4 Å². The van der Waals surface area contributed by atoms with E-state index in [0.29, 0.717) is 11.4 Å². The number of carbonyl (C=O) groups excluding carboxylic acids is 2. The van der Waals surface area contributed by atoms with Gasteiger partial charge in [-0.15, -0.1) is 0 Å². The van der Waals surface area contributed by atoms with Crippen LogP contribution in [0.25, 0.3) is 6.08 Å². The Balaban J connectivity index is 1.89. The van der Waals surface area contributed by atoms with Gasteiger partial charge in [-0.25, -0.2) is 0 Å². The molecule has 7 heteroatoms. The van der Waals surface area contributed by atoms with Crippen LogP contribution < -0.4 is 20.7 Å². The molecule has 0 radical (unpaired) electrons. The number of benzene rings is 2. The zero-order chi connectivity index (χ0) is 18.9. The fourth-order valence-electron chi connectivity index (χ4n) is 2.08. The van der Waals surface area contributed by atoms with Gasteiger partial charge in [0.25, 0.3) is 0 Å². The first-order valence-corrected chi connectivity index (χ1v) is 8.19. The Kier molecular flexibility index (Phi) is 6.87. The number of carbonyl (C=O) groups is 2. The molecule has 3 N–H and O–H groups in total. The second-order valence-corrected chi connectivity index (χ2v) is 5.72. The summed E-state index contributed by atoms with van der Waals surface area (Å²) in [6.45, 7) is 1.43. The Hall–Kier alpha value is -3.19. The summed E-state index contributed by atoms with van der Waals surface area (Å²) in [6, 6.07) is 14.3. The molecule has 0 fully saturated rings. The van der Waals surface area contributed by atoms with Crippen LogP contribution in [-0.4, -0.2) is 24.0 Å². The summed E-state index contributed by atoms with van der Waals surface area (Å²) in [5.41, 5.74) is 2.15. The van der Waals surface area contributed by atoms with Crippen molar-refractivity contribution in [3.63, 3.8) is 0 Å². The number of nitrogens with one attached hydrogen (secondary N) is 3. The number of anilines is 2. The van der Waals surface area contributed by atoms with Gasteiger partial charge in [0.1, 0.15) is 5.75 Å². The van der Waals surface area contributed by atoms with E-state index in [4.69, 9.17) is 17.0 Å². The quantitative estimate of drug-likeness (QED) is 0.557. The third-order valence-electron chi connectivity index (χ3n) is 3.22. The van der Waals surface area contributed by atoms with E-state index >= 15 is 0 Å². The maximum atomic E-state index is 11.9. The van der Waals surface area contributed by atoms with Crippen molar-refractivity contribution in [1.29, 1.82) is 0 Å². The van der Waals surface area contributed by atoms with E-state index < -0.39 is 0 Å². The average molecular weight is 369 g/mol. The minimum atomic E-state index is -0.351. The molecule has 134 valence electrons. The highest BCUT2D eigenvalue weighted by Gasteiger charge is 2.03. The lowest BCUT2D eigenvalue weighted by atomic mass is 10.2. The molecule has 0 atom stereocenters. The second-order valence-electron chi connectivity index (χ2n) is 5.31. The predicted octanol–water partition coefficient (Wildman–Crippen LogP) is 3.18. The van der Waals surface area contributed by atoms with Crippen molar-refractivity contribution in [2.45, 2.75) is 6.92 Å². The summed E-state index contributed by atoms with van der Waals surface area (Å²) in [5, 5.41) is 8.30. The fourth-order valence-corrected chi connectivity index (χ4v) is 2.30. The summed E-state index contributed by atoms with van der Waals surface area (Å²) >= 11 is 5.13. The molecule has 0 aliphatic rings. The maximum absolute atomic E-state index is 11.9. The second kappa shape index (κ2) is 9.33. The molecule has 2 rings (SSSR count). The highest BCUT2D eigenvalue weighted by atomic mass is 32.1. The van der Waals surface area contributed by atoms with Gasteiger partial charge >= 0.3 is 0 Å². The Morgan fingerprint density at radius 3 is 2.31 bits per heavy atom. The molecule has 0 saturated heterocycles. The largest absolute Gasteiger partial charge is 0.497 e. The fraction of sp³-hybridized carbons (Fsp3) is 0.105. The smallest absolute Gasteiger partial charge is 0.250 e. The normalized spacial score (nSPS) is 10.2. The van der Waals surface area contributed by atoms with Crippen LogP contribution >= 0.6 is 12.2 Å². The van der Waals surface area contributed by atoms with Gasteiger partial charge in [-0.05, 0) is 54.2 Å². The highest BCUT2D eigenvalue weighted by molar-refractivity contribution is 7.80. The molecule has 2 aromatic carbocycles. The molecule has 2 aromatic rings. The molecular weight excluding hydrogens is 350 g/mol. The van der Waals surface area contributed by atoms with Crippen molar-refractivity contribution in [3.05, 3.63) is 60.2 Å². The van der Waals surface area contributed by atoms with Gasteiger partial charge < -0.3 is 15.4 Å². The molecule has 0 aliphatic carbocycles. The zero-order valence-corrected chi connectivity index (χ0v) is 15.2. The van der Waals surface area contributed by atoms with Crippen LogP contribution in [-0.2, 0) is 9.59 Å². The number of methoxy groups -OCH3 is 1. The monoisotopic (exact) mass is 369 g/mol. The Morgan fingerprint density at radius 1 is 1.04 bits per heavy atom. The topological polar surface area (TPSA) is 79.5 Å². The number of amides is 2. The van der Waals surface area contributed by atoms with E-state index in [9.17, 15) is 9.59 Å². The zero-order valence-electron chi connectivity index (χ0n) is 14.4. The van der Waals surface area contributed by atoms with Crippen LogP contribution in [0, 0.1) is 0 Å². The van der Waals surface area contributed by atoms with Gasteiger partial charge in [0.15, 0.2) is 5.11 Å².